The van der Waals surface area contributed by atoms with Gasteiger partial charge >= 0.3 is 6.09 Å². The molecular weight excluding hydrogens is 194 g/mol. The lowest BCUT2D eigenvalue weighted by Crippen LogP contribution is -2.28. The fraction of sp³-hybridized carbons (Fsp3) is 0.600. The number of hydrogen-bond donors (Lipinski definition) is 1. The molecule has 0 spiro atoms. The zero-order chi connectivity index (χ0) is 11.5. The SMILES string of the molecule is CCn1ccnc1NC(=O)OC(C)(C)C. The fourth-order valence-corrected chi connectivity index (χ4v) is 1.08. The number of carbonyl (C=O) groups excluding carboxylic acids is 1. The van der Waals surface area contributed by atoms with Crippen LogP contribution in [0.2, 0.25) is 0 Å². The lowest BCUT2D eigenvalue weighted by molar-refractivity contribution is 0.0634. The molecule has 1 aromatic rings. The Labute approximate surface area is 89.4 Å². The molecule has 15 heavy (non-hydrogen) atoms. The molecule has 1 aromatic heterocycles. The maximum absolute atomic E-state index is 11.4. The van der Waals surface area contributed by atoms with E-state index in [2.05, 4.69) is 10.3 Å². The Morgan fingerprint density at radius 2 is 2.27 bits per heavy atom. The molecule has 1 heterocycles. The van der Waals surface area contributed by atoms with Crippen molar-refractivity contribution in [3.63, 3.8) is 0 Å². The van der Waals surface area contributed by atoms with E-state index in [0.717, 1.165) is 6.54 Å². The Hall–Kier alpha value is -1.52. The number of imidazole rings is 1. The highest BCUT2D eigenvalue weighted by Crippen LogP contribution is 2.10. The quantitative estimate of drug-likeness (QED) is 0.816. The molecule has 0 bridgehead atoms. The van der Waals surface area contributed by atoms with Crippen LogP contribution >= 0.6 is 0 Å². The van der Waals surface area contributed by atoms with Crippen molar-refractivity contribution >= 4 is 12.0 Å². The van der Waals surface area contributed by atoms with E-state index >= 15 is 0 Å². The number of nitrogens with zero attached hydrogens (tertiary/aromatic N) is 2. The van der Waals surface area contributed by atoms with Gasteiger partial charge in [-0.2, -0.15) is 0 Å². The highest BCUT2D eigenvalue weighted by atomic mass is 16.6. The molecule has 0 aliphatic heterocycles. The van der Waals surface area contributed by atoms with Gasteiger partial charge in [-0.25, -0.2) is 9.78 Å². The van der Waals surface area contributed by atoms with Crippen LogP contribution in [0.1, 0.15) is 27.7 Å². The zero-order valence-corrected chi connectivity index (χ0v) is 9.57. The van der Waals surface area contributed by atoms with E-state index in [0.29, 0.717) is 5.95 Å². The number of amides is 1. The van der Waals surface area contributed by atoms with Crippen molar-refractivity contribution in [1.29, 1.82) is 0 Å². The number of ether oxygens (including phenoxy) is 1. The first-order valence-corrected chi connectivity index (χ1v) is 4.93. The molecule has 0 saturated carbocycles. The molecule has 0 aliphatic rings. The second kappa shape index (κ2) is 4.33. The van der Waals surface area contributed by atoms with Gasteiger partial charge in [-0.1, -0.05) is 0 Å². The normalized spacial score (nSPS) is 11.2. The van der Waals surface area contributed by atoms with Crippen LogP contribution in [0, 0.1) is 0 Å². The predicted molar refractivity (Wildman–Crippen MR) is 57.8 cm³/mol. The third kappa shape index (κ3) is 3.61. The van der Waals surface area contributed by atoms with Gasteiger partial charge in [0.1, 0.15) is 5.60 Å². The van der Waals surface area contributed by atoms with Gasteiger partial charge in [-0.05, 0) is 27.7 Å². The Balaban J connectivity index is 2.59. The minimum atomic E-state index is -0.492. The van der Waals surface area contributed by atoms with Crippen LogP contribution in [0.25, 0.3) is 0 Å². The molecule has 1 N–H and O–H groups in total. The lowest BCUT2D eigenvalue weighted by atomic mass is 10.2. The van der Waals surface area contributed by atoms with Crippen LogP contribution in [0.5, 0.6) is 0 Å². The van der Waals surface area contributed by atoms with Gasteiger partial charge in [0.2, 0.25) is 5.95 Å². The highest BCUT2D eigenvalue weighted by Gasteiger charge is 2.17. The maximum Gasteiger partial charge on any atom is 0.414 e. The first kappa shape index (κ1) is 11.6. The van der Waals surface area contributed by atoms with E-state index in [1.807, 2.05) is 32.3 Å². The number of anilines is 1. The van der Waals surface area contributed by atoms with Crippen molar-refractivity contribution in [3.8, 4) is 0 Å². The molecule has 0 radical (unpaired) electrons. The third-order valence-electron chi connectivity index (χ3n) is 1.67. The first-order valence-electron chi connectivity index (χ1n) is 4.93. The molecule has 1 rings (SSSR count). The monoisotopic (exact) mass is 211 g/mol. The second-order valence-corrected chi connectivity index (χ2v) is 4.16. The van der Waals surface area contributed by atoms with E-state index in [-0.39, 0.29) is 0 Å². The largest absolute Gasteiger partial charge is 0.444 e. The minimum Gasteiger partial charge on any atom is -0.444 e. The highest BCUT2D eigenvalue weighted by molar-refractivity contribution is 5.82. The Kier molecular flexibility index (Phi) is 3.34. The molecule has 5 heteroatoms. The fourth-order valence-electron chi connectivity index (χ4n) is 1.08. The van der Waals surface area contributed by atoms with Crippen molar-refractivity contribution in [2.24, 2.45) is 0 Å². The summed E-state index contributed by atoms with van der Waals surface area (Å²) in [4.78, 5) is 15.4. The van der Waals surface area contributed by atoms with Crippen LogP contribution in [0.3, 0.4) is 0 Å². The average Bonchev–Trinajstić information content (AvgIpc) is 2.48. The van der Waals surface area contributed by atoms with Crippen LogP contribution in [0.4, 0.5) is 10.7 Å². The van der Waals surface area contributed by atoms with Crippen molar-refractivity contribution < 1.29 is 9.53 Å². The van der Waals surface area contributed by atoms with Crippen molar-refractivity contribution in [2.45, 2.75) is 39.8 Å². The average molecular weight is 211 g/mol. The zero-order valence-electron chi connectivity index (χ0n) is 9.57. The molecule has 0 aromatic carbocycles. The Morgan fingerprint density at radius 3 is 2.80 bits per heavy atom. The van der Waals surface area contributed by atoms with Crippen LogP contribution in [0.15, 0.2) is 12.4 Å². The molecule has 1 amide bonds. The van der Waals surface area contributed by atoms with Gasteiger partial charge in [0.25, 0.3) is 0 Å². The summed E-state index contributed by atoms with van der Waals surface area (Å²) < 4.78 is 6.93. The molecular formula is C10H17N3O2. The standard InChI is InChI=1S/C10H17N3O2/c1-5-13-7-6-11-8(13)12-9(14)15-10(2,3)4/h6-7H,5H2,1-4H3,(H,11,12,14). The number of carbonyl (C=O) groups is 1. The first-order chi connectivity index (χ1) is 6.92. The molecule has 0 unspecified atom stereocenters. The summed E-state index contributed by atoms with van der Waals surface area (Å²) in [6, 6.07) is 0. The van der Waals surface area contributed by atoms with Gasteiger partial charge in [0.05, 0.1) is 0 Å². The van der Waals surface area contributed by atoms with E-state index in [1.165, 1.54) is 0 Å². The second-order valence-electron chi connectivity index (χ2n) is 4.16. The lowest BCUT2D eigenvalue weighted by Gasteiger charge is -2.19. The maximum atomic E-state index is 11.4. The number of rotatable bonds is 2. The van der Waals surface area contributed by atoms with Crippen molar-refractivity contribution in [2.75, 3.05) is 5.32 Å². The molecule has 84 valence electrons. The molecule has 5 nitrogen and oxygen atoms in total. The van der Waals surface area contributed by atoms with E-state index in [9.17, 15) is 4.79 Å². The summed E-state index contributed by atoms with van der Waals surface area (Å²) in [6.45, 7) is 8.18. The van der Waals surface area contributed by atoms with Crippen LogP contribution < -0.4 is 5.32 Å². The molecule has 0 atom stereocenters. The summed E-state index contributed by atoms with van der Waals surface area (Å²) in [6.07, 6.45) is 2.95. The summed E-state index contributed by atoms with van der Waals surface area (Å²) >= 11 is 0. The number of aryl methyl sites for hydroxylation is 1. The smallest absolute Gasteiger partial charge is 0.414 e. The van der Waals surface area contributed by atoms with E-state index in [4.69, 9.17) is 4.74 Å². The number of nitrogens with one attached hydrogen (secondary N) is 1. The number of aromatic nitrogens is 2. The van der Waals surface area contributed by atoms with Gasteiger partial charge in [-0.3, -0.25) is 5.32 Å². The number of hydrogen-bond acceptors (Lipinski definition) is 3. The molecule has 0 saturated heterocycles. The van der Waals surface area contributed by atoms with Crippen molar-refractivity contribution in [1.82, 2.24) is 9.55 Å². The van der Waals surface area contributed by atoms with Crippen molar-refractivity contribution in [3.05, 3.63) is 12.4 Å². The summed E-state index contributed by atoms with van der Waals surface area (Å²) in [5.74, 6) is 0.506. The van der Waals surface area contributed by atoms with E-state index < -0.39 is 11.7 Å². The summed E-state index contributed by atoms with van der Waals surface area (Å²) in [5, 5.41) is 2.59. The Morgan fingerprint density at radius 1 is 1.60 bits per heavy atom. The topological polar surface area (TPSA) is 56.2 Å². The van der Waals surface area contributed by atoms with Crippen LogP contribution in [-0.2, 0) is 11.3 Å². The molecule has 0 aliphatic carbocycles. The van der Waals surface area contributed by atoms with Gasteiger partial charge in [0, 0.05) is 18.9 Å². The minimum absolute atomic E-state index is 0.483. The third-order valence-corrected chi connectivity index (χ3v) is 1.67. The molecule has 0 fully saturated rings. The summed E-state index contributed by atoms with van der Waals surface area (Å²) in [7, 11) is 0. The Bertz CT molecular complexity index is 339. The summed E-state index contributed by atoms with van der Waals surface area (Å²) in [5.41, 5.74) is -0.492. The predicted octanol–water partition coefficient (Wildman–Crippen LogP) is 2.25. The van der Waals surface area contributed by atoms with Gasteiger partial charge < -0.3 is 9.30 Å². The van der Waals surface area contributed by atoms with Gasteiger partial charge in [0.15, 0.2) is 0 Å². The van der Waals surface area contributed by atoms with Crippen LogP contribution in [-0.4, -0.2) is 21.2 Å². The van der Waals surface area contributed by atoms with E-state index in [1.54, 1.807) is 12.4 Å². The van der Waals surface area contributed by atoms with Gasteiger partial charge in [-0.15, -0.1) is 0 Å².